The molecule has 4 aliphatic rings. The molecule has 0 aliphatic heterocycles. The first-order valence-corrected chi connectivity index (χ1v) is 12.3. The molecular formula is C28H31NO4. The van der Waals surface area contributed by atoms with E-state index in [9.17, 15) is 9.59 Å². The molecule has 1 heterocycles. The fourth-order valence-corrected chi connectivity index (χ4v) is 7.50. The molecule has 2 aromatic carbocycles. The number of nitrogens with one attached hydrogen (secondary N) is 1. The summed E-state index contributed by atoms with van der Waals surface area (Å²) >= 11 is 0. The van der Waals surface area contributed by atoms with Gasteiger partial charge in [0.25, 0.3) is 5.91 Å². The molecule has 0 unspecified atom stereocenters. The van der Waals surface area contributed by atoms with E-state index in [1.807, 2.05) is 36.4 Å². The molecule has 5 heteroatoms. The van der Waals surface area contributed by atoms with E-state index in [1.54, 1.807) is 6.26 Å². The molecule has 4 saturated carbocycles. The Morgan fingerprint density at radius 1 is 1.06 bits per heavy atom. The Kier molecular flexibility index (Phi) is 4.97. The van der Waals surface area contributed by atoms with Gasteiger partial charge in [-0.2, -0.15) is 0 Å². The van der Waals surface area contributed by atoms with Crippen LogP contribution in [0.25, 0.3) is 21.7 Å². The first kappa shape index (κ1) is 20.8. The number of ether oxygens (including phenoxy) is 1. The van der Waals surface area contributed by atoms with E-state index in [2.05, 4.69) is 12.2 Å². The fourth-order valence-electron chi connectivity index (χ4n) is 7.50. The highest BCUT2D eigenvalue weighted by atomic mass is 16.5. The minimum atomic E-state index is -0.414. The Morgan fingerprint density at radius 3 is 2.48 bits per heavy atom. The van der Waals surface area contributed by atoms with Gasteiger partial charge in [0.15, 0.2) is 6.61 Å². The van der Waals surface area contributed by atoms with E-state index >= 15 is 0 Å². The van der Waals surface area contributed by atoms with Gasteiger partial charge in [-0.05, 0) is 85.5 Å². The van der Waals surface area contributed by atoms with Crippen LogP contribution in [0.4, 0.5) is 0 Å². The lowest BCUT2D eigenvalue weighted by Gasteiger charge is -2.59. The van der Waals surface area contributed by atoms with Crippen molar-refractivity contribution in [3.8, 4) is 0 Å². The molecule has 1 aromatic heterocycles. The predicted molar refractivity (Wildman–Crippen MR) is 127 cm³/mol. The molecule has 1 amide bonds. The van der Waals surface area contributed by atoms with Crippen molar-refractivity contribution in [2.75, 3.05) is 6.61 Å². The zero-order valence-corrected chi connectivity index (χ0v) is 19.1. The largest absolute Gasteiger partial charge is 0.464 e. The van der Waals surface area contributed by atoms with Gasteiger partial charge < -0.3 is 14.5 Å². The second-order valence-electron chi connectivity index (χ2n) is 10.8. The number of furan rings is 1. The smallest absolute Gasteiger partial charge is 0.310 e. The molecule has 5 nitrogen and oxygen atoms in total. The van der Waals surface area contributed by atoms with Crippen molar-refractivity contribution in [2.24, 2.45) is 23.2 Å². The van der Waals surface area contributed by atoms with Crippen LogP contribution in [0.1, 0.15) is 51.0 Å². The number of benzene rings is 2. The molecule has 1 N–H and O–H groups in total. The van der Waals surface area contributed by atoms with Crippen molar-refractivity contribution in [3.05, 3.63) is 48.2 Å². The number of hydrogen-bond donors (Lipinski definition) is 1. The Morgan fingerprint density at radius 2 is 1.76 bits per heavy atom. The zero-order valence-electron chi connectivity index (χ0n) is 19.1. The number of carbonyl (C=O) groups excluding carboxylic acids is 2. The van der Waals surface area contributed by atoms with Crippen LogP contribution in [-0.2, 0) is 20.7 Å². The van der Waals surface area contributed by atoms with Crippen molar-refractivity contribution < 1.29 is 18.7 Å². The average molecular weight is 446 g/mol. The Bertz CT molecular complexity index is 1190. The molecule has 4 aliphatic carbocycles. The lowest BCUT2D eigenvalue weighted by Crippen LogP contribution is -2.56. The Balaban J connectivity index is 1.08. The van der Waals surface area contributed by atoms with Crippen LogP contribution < -0.4 is 5.32 Å². The molecule has 4 fully saturated rings. The summed E-state index contributed by atoms with van der Waals surface area (Å²) in [6, 6.07) is 12.1. The second-order valence-corrected chi connectivity index (χ2v) is 10.8. The first-order chi connectivity index (χ1) is 16.0. The number of esters is 1. The molecule has 0 spiro atoms. The van der Waals surface area contributed by atoms with Gasteiger partial charge in [-0.1, -0.05) is 30.3 Å². The minimum absolute atomic E-state index is 0.0822. The van der Waals surface area contributed by atoms with Crippen molar-refractivity contribution in [1.29, 1.82) is 0 Å². The number of amides is 1. The van der Waals surface area contributed by atoms with Crippen molar-refractivity contribution in [3.63, 3.8) is 0 Å². The summed E-state index contributed by atoms with van der Waals surface area (Å²) < 4.78 is 11.0. The topological polar surface area (TPSA) is 68.5 Å². The zero-order chi connectivity index (χ0) is 22.6. The van der Waals surface area contributed by atoms with Gasteiger partial charge in [0.2, 0.25) is 0 Å². The normalized spacial score (nSPS) is 28.8. The summed E-state index contributed by atoms with van der Waals surface area (Å²) in [7, 11) is 0. The Hall–Kier alpha value is -2.82. The van der Waals surface area contributed by atoms with Crippen LogP contribution in [0, 0.1) is 23.2 Å². The van der Waals surface area contributed by atoms with Crippen LogP contribution in [0.2, 0.25) is 0 Å². The van der Waals surface area contributed by atoms with Crippen LogP contribution in [0.3, 0.4) is 0 Å². The lowest BCUT2D eigenvalue weighted by atomic mass is 9.48. The third-order valence-electron chi connectivity index (χ3n) is 8.62. The SMILES string of the molecule is C[C@@H](NC(=O)COC(=O)Cc1coc2ccc3ccccc3c12)C12CC3CC(CC(C3)C1)C2. The van der Waals surface area contributed by atoms with E-state index in [0.29, 0.717) is 0 Å². The lowest BCUT2D eigenvalue weighted by molar-refractivity contribution is -0.148. The highest BCUT2D eigenvalue weighted by Gasteiger charge is 2.53. The Labute approximate surface area is 193 Å². The summed E-state index contributed by atoms with van der Waals surface area (Å²) in [6.07, 6.45) is 9.57. The number of carbonyl (C=O) groups is 2. The van der Waals surface area contributed by atoms with E-state index in [-0.39, 0.29) is 30.4 Å². The van der Waals surface area contributed by atoms with Crippen LogP contribution in [0.5, 0.6) is 0 Å². The highest BCUT2D eigenvalue weighted by molar-refractivity contribution is 6.08. The molecule has 0 radical (unpaired) electrons. The summed E-state index contributed by atoms with van der Waals surface area (Å²) in [5.41, 5.74) is 1.78. The molecule has 172 valence electrons. The summed E-state index contributed by atoms with van der Waals surface area (Å²) in [5, 5.41) is 6.25. The monoisotopic (exact) mass is 445 g/mol. The van der Waals surface area contributed by atoms with E-state index in [1.165, 1.54) is 38.5 Å². The molecule has 1 atom stereocenters. The maximum absolute atomic E-state index is 12.6. The highest BCUT2D eigenvalue weighted by Crippen LogP contribution is 2.61. The quantitative estimate of drug-likeness (QED) is 0.516. The van der Waals surface area contributed by atoms with Gasteiger partial charge >= 0.3 is 5.97 Å². The molecule has 7 rings (SSSR count). The molecule has 4 bridgehead atoms. The van der Waals surface area contributed by atoms with Gasteiger partial charge in [0.05, 0.1) is 12.7 Å². The maximum Gasteiger partial charge on any atom is 0.310 e. The van der Waals surface area contributed by atoms with Gasteiger partial charge in [-0.3, -0.25) is 9.59 Å². The van der Waals surface area contributed by atoms with E-state index in [4.69, 9.17) is 9.15 Å². The number of hydrogen-bond acceptors (Lipinski definition) is 4. The van der Waals surface area contributed by atoms with Crippen molar-refractivity contribution >= 4 is 33.6 Å². The van der Waals surface area contributed by atoms with Crippen molar-refractivity contribution in [1.82, 2.24) is 5.32 Å². The van der Waals surface area contributed by atoms with Gasteiger partial charge in [0.1, 0.15) is 5.58 Å². The average Bonchev–Trinajstić information content (AvgIpc) is 3.20. The fraction of sp³-hybridized carbons (Fsp3) is 0.500. The maximum atomic E-state index is 12.6. The van der Waals surface area contributed by atoms with E-state index in [0.717, 1.165) is 45.1 Å². The standard InChI is InChI=1S/C28H31NO4/c1-17(28-12-18-8-19(13-28)10-20(9-18)14-28)29-25(30)16-33-26(31)11-22-15-32-24-7-6-21-4-2-3-5-23(21)27(22)24/h2-7,15,17-20H,8-14,16H2,1H3,(H,29,30)/t17-,18?,19?,20?,28?/m1/s1. The van der Waals surface area contributed by atoms with Crippen LogP contribution in [0.15, 0.2) is 47.1 Å². The second kappa shape index (κ2) is 7.89. The molecule has 33 heavy (non-hydrogen) atoms. The molecular weight excluding hydrogens is 414 g/mol. The van der Waals surface area contributed by atoms with Gasteiger partial charge in [0, 0.05) is 17.0 Å². The number of rotatable bonds is 6. The third-order valence-corrected chi connectivity index (χ3v) is 8.62. The van der Waals surface area contributed by atoms with Crippen molar-refractivity contribution in [2.45, 2.75) is 57.9 Å². The van der Waals surface area contributed by atoms with E-state index < -0.39 is 5.97 Å². The molecule has 0 saturated heterocycles. The predicted octanol–water partition coefficient (Wildman–Crippen LogP) is 5.39. The minimum Gasteiger partial charge on any atom is -0.464 e. The van der Waals surface area contributed by atoms with Gasteiger partial charge in [-0.15, -0.1) is 0 Å². The van der Waals surface area contributed by atoms with Crippen LogP contribution in [-0.4, -0.2) is 24.5 Å². The molecule has 3 aromatic rings. The summed E-state index contributed by atoms with van der Waals surface area (Å²) in [4.78, 5) is 25.2. The third kappa shape index (κ3) is 3.71. The number of fused-ring (bicyclic) bond motifs is 3. The summed E-state index contributed by atoms with van der Waals surface area (Å²) in [6.45, 7) is 1.92. The summed E-state index contributed by atoms with van der Waals surface area (Å²) in [5.74, 6) is 1.91. The van der Waals surface area contributed by atoms with Gasteiger partial charge in [-0.25, -0.2) is 0 Å². The first-order valence-electron chi connectivity index (χ1n) is 12.3. The van der Waals surface area contributed by atoms with Crippen LogP contribution >= 0.6 is 0 Å².